The molecule has 6 nitrogen and oxygen atoms in total. The van der Waals surface area contributed by atoms with Gasteiger partial charge in [0.1, 0.15) is 17.8 Å². The maximum absolute atomic E-state index is 12.2. The van der Waals surface area contributed by atoms with Crippen molar-refractivity contribution in [3.63, 3.8) is 0 Å². The van der Waals surface area contributed by atoms with Gasteiger partial charge in [0.05, 0.1) is 11.0 Å². The lowest BCUT2D eigenvalue weighted by Crippen LogP contribution is -2.30. The summed E-state index contributed by atoms with van der Waals surface area (Å²) < 4.78 is 1.68. The molecule has 0 saturated carbocycles. The van der Waals surface area contributed by atoms with Gasteiger partial charge in [-0.2, -0.15) is 5.10 Å². The van der Waals surface area contributed by atoms with Gasteiger partial charge in [-0.05, 0) is 6.42 Å². The number of nitrogens with zero attached hydrogens (tertiary/aromatic N) is 4. The van der Waals surface area contributed by atoms with Crippen LogP contribution >= 0.6 is 11.3 Å². The number of amides is 1. The van der Waals surface area contributed by atoms with Gasteiger partial charge in [-0.25, -0.2) is 9.97 Å². The number of hydrogen-bond donors (Lipinski definition) is 1. The fraction of sp³-hybridized carbons (Fsp3) is 0.538. The zero-order valence-electron chi connectivity index (χ0n) is 12.1. The summed E-state index contributed by atoms with van der Waals surface area (Å²) in [5.41, 5.74) is 0.472. The van der Waals surface area contributed by atoms with Crippen molar-refractivity contribution in [2.75, 3.05) is 0 Å². The summed E-state index contributed by atoms with van der Waals surface area (Å²) in [6, 6.07) is -0.154. The Morgan fingerprint density at radius 1 is 1.50 bits per heavy atom. The van der Waals surface area contributed by atoms with Crippen LogP contribution in [-0.4, -0.2) is 25.7 Å². The second-order valence-corrected chi connectivity index (χ2v) is 5.79. The maximum Gasteiger partial charge on any atom is 0.271 e. The number of aryl methyl sites for hydroxylation is 1. The lowest BCUT2D eigenvalue weighted by Gasteiger charge is -2.15. The van der Waals surface area contributed by atoms with Crippen LogP contribution in [0.5, 0.6) is 0 Å². The second kappa shape index (κ2) is 6.13. The highest BCUT2D eigenvalue weighted by Gasteiger charge is 2.20. The third-order valence-corrected chi connectivity index (χ3v) is 4.17. The van der Waals surface area contributed by atoms with E-state index in [1.165, 1.54) is 17.7 Å². The van der Waals surface area contributed by atoms with E-state index in [0.29, 0.717) is 11.6 Å². The third kappa shape index (κ3) is 3.04. The molecule has 0 fully saturated rings. The van der Waals surface area contributed by atoms with Gasteiger partial charge in [-0.1, -0.05) is 20.8 Å². The highest BCUT2D eigenvalue weighted by atomic mass is 32.1. The van der Waals surface area contributed by atoms with Crippen LogP contribution in [0.25, 0.3) is 0 Å². The van der Waals surface area contributed by atoms with E-state index >= 15 is 0 Å². The molecule has 0 aromatic carbocycles. The average Bonchev–Trinajstić information content (AvgIpc) is 3.04. The highest BCUT2D eigenvalue weighted by Crippen LogP contribution is 2.20. The van der Waals surface area contributed by atoms with Crippen LogP contribution in [0, 0.1) is 0 Å². The molecule has 0 spiro atoms. The molecule has 7 heteroatoms. The Kier molecular flexibility index (Phi) is 4.49. The van der Waals surface area contributed by atoms with E-state index in [1.54, 1.807) is 10.1 Å². The molecule has 0 unspecified atom stereocenters. The molecule has 0 saturated heterocycles. The summed E-state index contributed by atoms with van der Waals surface area (Å²) in [6.07, 6.45) is 2.24. The van der Waals surface area contributed by atoms with Gasteiger partial charge in [-0.3, -0.25) is 9.48 Å². The van der Waals surface area contributed by atoms with Crippen LogP contribution < -0.4 is 5.32 Å². The van der Waals surface area contributed by atoms with Crippen LogP contribution in [0.2, 0.25) is 0 Å². The Morgan fingerprint density at radius 2 is 2.25 bits per heavy atom. The minimum absolute atomic E-state index is 0.154. The Morgan fingerprint density at radius 3 is 2.75 bits per heavy atom. The van der Waals surface area contributed by atoms with Crippen molar-refractivity contribution < 1.29 is 4.79 Å². The fourth-order valence-electron chi connectivity index (χ4n) is 1.86. The van der Waals surface area contributed by atoms with Gasteiger partial charge in [-0.15, -0.1) is 11.3 Å². The first-order valence-corrected chi connectivity index (χ1v) is 7.51. The second-order valence-electron chi connectivity index (χ2n) is 4.90. The Balaban J connectivity index is 2.11. The molecule has 0 aliphatic heterocycles. The minimum Gasteiger partial charge on any atom is -0.341 e. The molecule has 1 amide bonds. The van der Waals surface area contributed by atoms with Crippen LogP contribution in [0.1, 0.15) is 60.5 Å². The lowest BCUT2D eigenvalue weighted by atomic mass is 10.2. The molecular formula is C13H19N5OS. The predicted molar refractivity (Wildman–Crippen MR) is 77.7 cm³/mol. The topological polar surface area (TPSA) is 72.7 Å². The van der Waals surface area contributed by atoms with E-state index in [0.717, 1.165) is 17.3 Å². The van der Waals surface area contributed by atoms with Gasteiger partial charge in [0, 0.05) is 18.3 Å². The average molecular weight is 293 g/mol. The first kappa shape index (κ1) is 14.6. The molecule has 108 valence electrons. The van der Waals surface area contributed by atoms with Crippen LogP contribution in [0.3, 0.4) is 0 Å². The lowest BCUT2D eigenvalue weighted by molar-refractivity contribution is 0.0928. The Hall–Kier alpha value is -1.76. The van der Waals surface area contributed by atoms with Gasteiger partial charge < -0.3 is 5.32 Å². The molecule has 2 heterocycles. The first-order chi connectivity index (χ1) is 9.52. The largest absolute Gasteiger partial charge is 0.341 e. The Labute approximate surface area is 122 Å². The van der Waals surface area contributed by atoms with E-state index in [1.807, 2.05) is 14.0 Å². The van der Waals surface area contributed by atoms with E-state index in [-0.39, 0.29) is 11.9 Å². The summed E-state index contributed by atoms with van der Waals surface area (Å²) in [5, 5.41) is 9.77. The van der Waals surface area contributed by atoms with Crippen molar-refractivity contribution in [1.29, 1.82) is 0 Å². The summed E-state index contributed by atoms with van der Waals surface area (Å²) in [5.74, 6) is 0.922. The van der Waals surface area contributed by atoms with E-state index in [9.17, 15) is 4.79 Å². The van der Waals surface area contributed by atoms with E-state index in [4.69, 9.17) is 0 Å². The molecule has 0 radical (unpaired) electrons. The van der Waals surface area contributed by atoms with Crippen LogP contribution in [0.15, 0.2) is 11.7 Å². The summed E-state index contributed by atoms with van der Waals surface area (Å²) in [7, 11) is 1.82. The zero-order valence-corrected chi connectivity index (χ0v) is 12.9. The molecule has 0 aliphatic carbocycles. The molecule has 2 aromatic rings. The van der Waals surface area contributed by atoms with Crippen molar-refractivity contribution in [1.82, 2.24) is 25.1 Å². The molecule has 0 aliphatic rings. The van der Waals surface area contributed by atoms with Crippen molar-refractivity contribution in [2.45, 2.75) is 39.2 Å². The smallest absolute Gasteiger partial charge is 0.271 e. The molecule has 2 aromatic heterocycles. The number of hydrogen-bond acceptors (Lipinski definition) is 5. The molecule has 1 N–H and O–H groups in total. The number of rotatable bonds is 5. The molecule has 20 heavy (non-hydrogen) atoms. The minimum atomic E-state index is -0.164. The third-order valence-electron chi connectivity index (χ3n) is 3.02. The predicted octanol–water partition coefficient (Wildman–Crippen LogP) is 2.28. The molecule has 0 bridgehead atoms. The quantitative estimate of drug-likeness (QED) is 0.918. The van der Waals surface area contributed by atoms with Crippen molar-refractivity contribution >= 4 is 17.2 Å². The van der Waals surface area contributed by atoms with Gasteiger partial charge >= 0.3 is 0 Å². The standard InChI is InChI=1S/C13H19N5OS/c1-5-9(11-14-7-15-18(11)4)16-12(19)10-6-20-13(17-10)8(2)3/h6-9H,5H2,1-4H3,(H,16,19)/t9-/m1/s1. The van der Waals surface area contributed by atoms with Crippen molar-refractivity contribution in [3.8, 4) is 0 Å². The number of carbonyl (C=O) groups is 1. The van der Waals surface area contributed by atoms with Crippen molar-refractivity contribution in [3.05, 3.63) is 28.2 Å². The fourth-order valence-corrected chi connectivity index (χ4v) is 2.67. The number of thiazole rings is 1. The van der Waals surface area contributed by atoms with E-state index in [2.05, 4.69) is 34.2 Å². The van der Waals surface area contributed by atoms with Crippen molar-refractivity contribution in [2.24, 2.45) is 7.05 Å². The molecule has 2 rings (SSSR count). The highest BCUT2D eigenvalue weighted by molar-refractivity contribution is 7.09. The van der Waals surface area contributed by atoms with Gasteiger partial charge in [0.25, 0.3) is 5.91 Å². The van der Waals surface area contributed by atoms with Crippen LogP contribution in [0.4, 0.5) is 0 Å². The van der Waals surface area contributed by atoms with Gasteiger partial charge in [0.2, 0.25) is 0 Å². The number of aromatic nitrogens is 4. The summed E-state index contributed by atoms with van der Waals surface area (Å²) in [6.45, 7) is 6.13. The monoisotopic (exact) mass is 293 g/mol. The van der Waals surface area contributed by atoms with E-state index < -0.39 is 0 Å². The normalized spacial score (nSPS) is 12.7. The molecule has 1 atom stereocenters. The molecular weight excluding hydrogens is 274 g/mol. The van der Waals surface area contributed by atoms with Crippen LogP contribution in [-0.2, 0) is 7.05 Å². The summed E-state index contributed by atoms with van der Waals surface area (Å²) >= 11 is 1.52. The number of carbonyl (C=O) groups excluding carboxylic acids is 1. The maximum atomic E-state index is 12.2. The Bertz CT molecular complexity index is 589. The van der Waals surface area contributed by atoms with Gasteiger partial charge in [0.15, 0.2) is 0 Å². The first-order valence-electron chi connectivity index (χ1n) is 6.63. The summed E-state index contributed by atoms with van der Waals surface area (Å²) in [4.78, 5) is 20.8. The number of nitrogens with one attached hydrogen (secondary N) is 1. The SMILES string of the molecule is CC[C@@H](NC(=O)c1csc(C(C)C)n1)c1ncnn1C. The zero-order chi connectivity index (χ0) is 14.7.